The van der Waals surface area contributed by atoms with E-state index in [1.54, 1.807) is 31.2 Å². The summed E-state index contributed by atoms with van der Waals surface area (Å²) in [5.41, 5.74) is 0.931. The zero-order valence-corrected chi connectivity index (χ0v) is 10.2. The van der Waals surface area contributed by atoms with Crippen LogP contribution < -0.4 is 0 Å². The molecule has 98 valence electrons. The second-order valence-corrected chi connectivity index (χ2v) is 3.91. The van der Waals surface area contributed by atoms with E-state index in [9.17, 15) is 9.59 Å². The van der Waals surface area contributed by atoms with E-state index in [-0.39, 0.29) is 5.82 Å². The SMILES string of the molecule is CCC(C(=O)O)n1nnnc1-c1ccccc1C=O. The van der Waals surface area contributed by atoms with Gasteiger partial charge in [0.25, 0.3) is 0 Å². The van der Waals surface area contributed by atoms with Gasteiger partial charge >= 0.3 is 5.97 Å². The van der Waals surface area contributed by atoms with Crippen LogP contribution in [0.3, 0.4) is 0 Å². The standard InChI is InChI=1S/C12H12N4O3/c1-2-10(12(18)19)16-11(13-14-15-16)9-6-4-3-5-8(9)7-17/h3-7,10H,2H2,1H3,(H,18,19). The highest BCUT2D eigenvalue weighted by Crippen LogP contribution is 2.23. The first kappa shape index (κ1) is 12.9. The van der Waals surface area contributed by atoms with Crippen molar-refractivity contribution in [3.05, 3.63) is 29.8 Å². The van der Waals surface area contributed by atoms with Gasteiger partial charge in [-0.25, -0.2) is 9.48 Å². The fraction of sp³-hybridized carbons (Fsp3) is 0.250. The molecule has 0 amide bonds. The van der Waals surface area contributed by atoms with Crippen LogP contribution in [0.4, 0.5) is 0 Å². The number of carboxylic acid groups (broad SMARTS) is 1. The number of tetrazole rings is 1. The lowest BCUT2D eigenvalue weighted by molar-refractivity contribution is -0.141. The third kappa shape index (κ3) is 2.35. The van der Waals surface area contributed by atoms with Crippen molar-refractivity contribution in [3.63, 3.8) is 0 Å². The number of carbonyl (C=O) groups excluding carboxylic acids is 1. The van der Waals surface area contributed by atoms with E-state index in [0.717, 1.165) is 0 Å². The van der Waals surface area contributed by atoms with E-state index in [4.69, 9.17) is 5.11 Å². The molecule has 0 radical (unpaired) electrons. The van der Waals surface area contributed by atoms with E-state index < -0.39 is 12.0 Å². The molecule has 0 bridgehead atoms. The number of rotatable bonds is 5. The van der Waals surface area contributed by atoms with Gasteiger partial charge in [-0.15, -0.1) is 5.10 Å². The molecule has 0 aliphatic carbocycles. The molecule has 1 atom stereocenters. The molecule has 0 saturated carbocycles. The third-order valence-electron chi connectivity index (χ3n) is 2.79. The van der Waals surface area contributed by atoms with Gasteiger partial charge in [0.2, 0.25) is 0 Å². The molecule has 1 unspecified atom stereocenters. The highest BCUT2D eigenvalue weighted by molar-refractivity contribution is 5.86. The van der Waals surface area contributed by atoms with Crippen LogP contribution in [-0.2, 0) is 4.79 Å². The molecule has 1 aromatic carbocycles. The molecule has 2 rings (SSSR count). The summed E-state index contributed by atoms with van der Waals surface area (Å²) in [7, 11) is 0. The number of nitrogens with zero attached hydrogens (tertiary/aromatic N) is 4. The Morgan fingerprint density at radius 1 is 1.47 bits per heavy atom. The van der Waals surface area contributed by atoms with Gasteiger partial charge in [0.15, 0.2) is 18.2 Å². The normalized spacial score (nSPS) is 12.1. The first-order valence-electron chi connectivity index (χ1n) is 5.74. The molecular weight excluding hydrogens is 248 g/mol. The molecule has 0 fully saturated rings. The minimum atomic E-state index is -1.01. The number of hydrogen-bond donors (Lipinski definition) is 1. The topological polar surface area (TPSA) is 98.0 Å². The fourth-order valence-electron chi connectivity index (χ4n) is 1.84. The van der Waals surface area contributed by atoms with Crippen LogP contribution in [0.5, 0.6) is 0 Å². The molecule has 0 aliphatic heterocycles. The van der Waals surface area contributed by atoms with Gasteiger partial charge in [-0.1, -0.05) is 31.2 Å². The van der Waals surface area contributed by atoms with E-state index >= 15 is 0 Å². The van der Waals surface area contributed by atoms with Crippen molar-refractivity contribution in [1.29, 1.82) is 0 Å². The van der Waals surface area contributed by atoms with Crippen LogP contribution in [0.2, 0.25) is 0 Å². The zero-order valence-electron chi connectivity index (χ0n) is 10.2. The molecule has 7 heteroatoms. The molecule has 2 aromatic rings. The molecule has 1 N–H and O–H groups in total. The smallest absolute Gasteiger partial charge is 0.328 e. The summed E-state index contributed by atoms with van der Waals surface area (Å²) in [6.07, 6.45) is 1.03. The summed E-state index contributed by atoms with van der Waals surface area (Å²) in [6.45, 7) is 1.73. The van der Waals surface area contributed by atoms with Gasteiger partial charge in [-0.2, -0.15) is 0 Å². The summed E-state index contributed by atoms with van der Waals surface area (Å²) in [5, 5.41) is 20.2. The molecule has 7 nitrogen and oxygen atoms in total. The van der Waals surface area contributed by atoms with Gasteiger partial charge in [0.05, 0.1) is 0 Å². The molecule has 0 saturated heterocycles. The lowest BCUT2D eigenvalue weighted by Gasteiger charge is -2.12. The van der Waals surface area contributed by atoms with Crippen molar-refractivity contribution in [1.82, 2.24) is 20.2 Å². The average Bonchev–Trinajstić information content (AvgIpc) is 2.88. The highest BCUT2D eigenvalue weighted by Gasteiger charge is 2.24. The van der Waals surface area contributed by atoms with Gasteiger partial charge in [-0.3, -0.25) is 4.79 Å². The van der Waals surface area contributed by atoms with Gasteiger partial charge < -0.3 is 5.11 Å². The predicted molar refractivity (Wildman–Crippen MR) is 65.6 cm³/mol. The quantitative estimate of drug-likeness (QED) is 0.811. The molecule has 0 spiro atoms. The molecule has 19 heavy (non-hydrogen) atoms. The van der Waals surface area contributed by atoms with Gasteiger partial charge in [0, 0.05) is 11.1 Å². The first-order chi connectivity index (χ1) is 9.19. The molecule has 1 aromatic heterocycles. The summed E-state index contributed by atoms with van der Waals surface area (Å²) in [5.74, 6) is -0.739. The van der Waals surface area contributed by atoms with Crippen molar-refractivity contribution >= 4 is 12.3 Å². The highest BCUT2D eigenvalue weighted by atomic mass is 16.4. The second-order valence-electron chi connectivity index (χ2n) is 3.91. The molecule has 1 heterocycles. The Hall–Kier alpha value is -2.57. The maximum absolute atomic E-state index is 11.2. The van der Waals surface area contributed by atoms with Crippen molar-refractivity contribution in [3.8, 4) is 11.4 Å². The Balaban J connectivity index is 2.55. The lowest BCUT2D eigenvalue weighted by atomic mass is 10.1. The maximum atomic E-state index is 11.2. The zero-order chi connectivity index (χ0) is 13.8. The predicted octanol–water partition coefficient (Wildman–Crippen LogP) is 1.19. The summed E-state index contributed by atoms with van der Waals surface area (Å²) < 4.78 is 1.23. The Morgan fingerprint density at radius 3 is 2.84 bits per heavy atom. The average molecular weight is 260 g/mol. The minimum absolute atomic E-state index is 0.275. The number of carbonyl (C=O) groups is 2. The second kappa shape index (κ2) is 5.38. The maximum Gasteiger partial charge on any atom is 0.328 e. The Kier molecular flexibility index (Phi) is 3.65. The van der Waals surface area contributed by atoms with E-state index in [1.165, 1.54) is 4.68 Å². The molecular formula is C12H12N4O3. The van der Waals surface area contributed by atoms with Crippen molar-refractivity contribution < 1.29 is 14.7 Å². The van der Waals surface area contributed by atoms with E-state index in [2.05, 4.69) is 15.5 Å². The number of carboxylic acids is 1. The minimum Gasteiger partial charge on any atom is -0.480 e. The number of aldehydes is 1. The number of aromatic nitrogens is 4. The Morgan fingerprint density at radius 2 is 2.21 bits per heavy atom. The number of hydrogen-bond acceptors (Lipinski definition) is 5. The van der Waals surface area contributed by atoms with Crippen LogP contribution in [0.15, 0.2) is 24.3 Å². The monoisotopic (exact) mass is 260 g/mol. The number of aliphatic carboxylic acids is 1. The summed E-state index contributed by atoms with van der Waals surface area (Å²) >= 11 is 0. The number of benzene rings is 1. The largest absolute Gasteiger partial charge is 0.480 e. The van der Waals surface area contributed by atoms with Crippen LogP contribution in [0.1, 0.15) is 29.7 Å². The van der Waals surface area contributed by atoms with Gasteiger partial charge in [-0.05, 0) is 16.8 Å². The summed E-state index contributed by atoms with van der Waals surface area (Å²) in [6, 6.07) is 5.91. The lowest BCUT2D eigenvalue weighted by Crippen LogP contribution is -2.20. The Labute approximate surface area is 108 Å². The van der Waals surface area contributed by atoms with Gasteiger partial charge in [0.1, 0.15) is 0 Å². The Bertz CT molecular complexity index is 609. The van der Waals surface area contributed by atoms with Crippen LogP contribution in [0.25, 0.3) is 11.4 Å². The first-order valence-corrected chi connectivity index (χ1v) is 5.74. The van der Waals surface area contributed by atoms with E-state index in [1.807, 2.05) is 0 Å². The fourth-order valence-corrected chi connectivity index (χ4v) is 1.84. The molecule has 0 aliphatic rings. The van der Waals surface area contributed by atoms with Crippen LogP contribution in [-0.4, -0.2) is 37.6 Å². The van der Waals surface area contributed by atoms with E-state index in [0.29, 0.717) is 23.8 Å². The van der Waals surface area contributed by atoms with Crippen LogP contribution >= 0.6 is 0 Å². The summed E-state index contributed by atoms with van der Waals surface area (Å²) in [4.78, 5) is 22.2. The van der Waals surface area contributed by atoms with Crippen molar-refractivity contribution in [2.75, 3.05) is 0 Å². The van der Waals surface area contributed by atoms with Crippen molar-refractivity contribution in [2.45, 2.75) is 19.4 Å². The van der Waals surface area contributed by atoms with Crippen LogP contribution in [0, 0.1) is 0 Å². The third-order valence-corrected chi connectivity index (χ3v) is 2.79. The van der Waals surface area contributed by atoms with Crippen molar-refractivity contribution in [2.24, 2.45) is 0 Å².